The maximum atomic E-state index is 12.7. The molecule has 2 heterocycles. The van der Waals surface area contributed by atoms with Crippen LogP contribution in [-0.4, -0.2) is 41.6 Å². The number of hydrogen-bond acceptors (Lipinski definition) is 5. The second kappa shape index (κ2) is 11.0. The summed E-state index contributed by atoms with van der Waals surface area (Å²) < 4.78 is 12.8. The van der Waals surface area contributed by atoms with Crippen LogP contribution in [0.3, 0.4) is 0 Å². The summed E-state index contributed by atoms with van der Waals surface area (Å²) in [6, 6.07) is 17.0. The van der Waals surface area contributed by atoms with Gasteiger partial charge in [0.2, 0.25) is 0 Å². The predicted octanol–water partition coefficient (Wildman–Crippen LogP) is 4.79. The molecule has 1 N–H and O–H groups in total. The van der Waals surface area contributed by atoms with Crippen molar-refractivity contribution in [3.05, 3.63) is 70.9 Å². The third-order valence-electron chi connectivity index (χ3n) is 5.45. The molecule has 0 aliphatic carbocycles. The highest BCUT2D eigenvalue weighted by atomic mass is 35.5. The number of benzene rings is 2. The topological polar surface area (TPSA) is 89.2 Å². The van der Waals surface area contributed by atoms with Crippen LogP contribution in [0.4, 0.5) is 0 Å². The monoisotopic (exact) mass is 476 g/mol. The van der Waals surface area contributed by atoms with E-state index in [1.807, 2.05) is 49.4 Å². The lowest BCUT2D eigenvalue weighted by molar-refractivity contribution is -0.117. The summed E-state index contributed by atoms with van der Waals surface area (Å²) in [5.74, 6) is 0.139. The zero-order valence-electron chi connectivity index (χ0n) is 18.8. The van der Waals surface area contributed by atoms with Crippen LogP contribution in [0, 0.1) is 11.3 Å². The molecule has 8 heteroatoms. The van der Waals surface area contributed by atoms with Crippen LogP contribution in [0.25, 0.3) is 23.0 Å². The maximum Gasteiger partial charge on any atom is 0.262 e. The smallest absolute Gasteiger partial charge is 0.262 e. The third kappa shape index (κ3) is 5.48. The summed E-state index contributed by atoms with van der Waals surface area (Å²) in [5, 5.41) is 17.7. The lowest BCUT2D eigenvalue weighted by Crippen LogP contribution is -2.32. The molecular formula is C26H25ClN4O3. The molecule has 1 amide bonds. The molecule has 0 bridgehead atoms. The number of amides is 1. The van der Waals surface area contributed by atoms with E-state index in [1.54, 1.807) is 29.1 Å². The first-order valence-corrected chi connectivity index (χ1v) is 11.6. The van der Waals surface area contributed by atoms with Gasteiger partial charge in [-0.15, -0.1) is 0 Å². The molecule has 1 aliphatic heterocycles. The highest BCUT2D eigenvalue weighted by Crippen LogP contribution is 2.32. The average Bonchev–Trinajstić information content (AvgIpc) is 3.53. The van der Waals surface area contributed by atoms with E-state index in [0.29, 0.717) is 41.8 Å². The number of halogens is 1. The predicted molar refractivity (Wildman–Crippen MR) is 131 cm³/mol. The van der Waals surface area contributed by atoms with Gasteiger partial charge in [-0.2, -0.15) is 10.4 Å². The van der Waals surface area contributed by atoms with Crippen molar-refractivity contribution in [1.29, 1.82) is 5.26 Å². The van der Waals surface area contributed by atoms with Crippen LogP contribution in [0.5, 0.6) is 5.75 Å². The van der Waals surface area contributed by atoms with Gasteiger partial charge in [0.25, 0.3) is 5.91 Å². The third-order valence-corrected chi connectivity index (χ3v) is 5.74. The van der Waals surface area contributed by atoms with Gasteiger partial charge in [0, 0.05) is 30.5 Å². The summed E-state index contributed by atoms with van der Waals surface area (Å²) in [6.45, 7) is 3.47. The van der Waals surface area contributed by atoms with E-state index in [1.165, 1.54) is 0 Å². The SMILES string of the molecule is CCOc1ccc(-c2nn(-c3ccccc3)cc2/C=C(/C#N)C(=O)NC[C@H]2CCCO2)cc1Cl. The molecule has 7 nitrogen and oxygen atoms in total. The van der Waals surface area contributed by atoms with Crippen LogP contribution >= 0.6 is 11.6 Å². The van der Waals surface area contributed by atoms with Gasteiger partial charge < -0.3 is 14.8 Å². The second-order valence-corrected chi connectivity index (χ2v) is 8.21. The number of para-hydroxylation sites is 1. The maximum absolute atomic E-state index is 12.7. The van der Waals surface area contributed by atoms with Crippen molar-refractivity contribution in [3.63, 3.8) is 0 Å². The van der Waals surface area contributed by atoms with Crippen LogP contribution < -0.4 is 10.1 Å². The number of hydrogen-bond donors (Lipinski definition) is 1. The van der Waals surface area contributed by atoms with Gasteiger partial charge in [-0.05, 0) is 56.2 Å². The Hall–Kier alpha value is -3.60. The molecule has 3 aromatic rings. The molecule has 1 aromatic heterocycles. The Labute approximate surface area is 203 Å². The Kier molecular flexibility index (Phi) is 7.63. The number of nitrogens with one attached hydrogen (secondary N) is 1. The van der Waals surface area contributed by atoms with Crippen LogP contribution in [0.15, 0.2) is 60.3 Å². The molecule has 2 aromatic carbocycles. The number of nitriles is 1. The standard InChI is InChI=1S/C26H25ClN4O3/c1-2-33-24-11-10-18(14-23(24)27)25-20(17-31(30-25)21-7-4-3-5-8-21)13-19(15-28)26(32)29-16-22-9-6-12-34-22/h3-5,7-8,10-11,13-14,17,22H,2,6,9,12,16H2,1H3,(H,29,32)/b19-13-/t22-/m1/s1. The fraction of sp³-hybridized carbons (Fsp3) is 0.269. The zero-order valence-corrected chi connectivity index (χ0v) is 19.6. The second-order valence-electron chi connectivity index (χ2n) is 7.81. The summed E-state index contributed by atoms with van der Waals surface area (Å²) in [6.07, 6.45) is 5.22. The molecule has 0 saturated carbocycles. The van der Waals surface area contributed by atoms with Gasteiger partial charge in [0.1, 0.15) is 23.1 Å². The normalized spacial score (nSPS) is 15.7. The van der Waals surface area contributed by atoms with E-state index in [2.05, 4.69) is 5.32 Å². The van der Waals surface area contributed by atoms with E-state index in [4.69, 9.17) is 26.2 Å². The molecule has 0 spiro atoms. The Morgan fingerprint density at radius 1 is 1.35 bits per heavy atom. The van der Waals surface area contributed by atoms with E-state index in [0.717, 1.165) is 24.1 Å². The number of rotatable bonds is 8. The van der Waals surface area contributed by atoms with Gasteiger partial charge in [-0.1, -0.05) is 29.8 Å². The van der Waals surface area contributed by atoms with Crippen molar-refractivity contribution in [1.82, 2.24) is 15.1 Å². The fourth-order valence-electron chi connectivity index (χ4n) is 3.76. The van der Waals surface area contributed by atoms with E-state index in [9.17, 15) is 10.1 Å². The minimum Gasteiger partial charge on any atom is -0.492 e. The van der Waals surface area contributed by atoms with E-state index < -0.39 is 5.91 Å². The summed E-state index contributed by atoms with van der Waals surface area (Å²) in [7, 11) is 0. The van der Waals surface area contributed by atoms with Crippen molar-refractivity contribution < 1.29 is 14.3 Å². The van der Waals surface area contributed by atoms with Crippen molar-refractivity contribution in [3.8, 4) is 28.8 Å². The van der Waals surface area contributed by atoms with Crippen molar-refractivity contribution in [2.75, 3.05) is 19.8 Å². The molecular weight excluding hydrogens is 452 g/mol. The average molecular weight is 477 g/mol. The highest BCUT2D eigenvalue weighted by Gasteiger charge is 2.19. The van der Waals surface area contributed by atoms with Crippen molar-refractivity contribution >= 4 is 23.6 Å². The van der Waals surface area contributed by atoms with Gasteiger partial charge in [0.15, 0.2) is 0 Å². The van der Waals surface area contributed by atoms with Crippen molar-refractivity contribution in [2.24, 2.45) is 0 Å². The summed E-state index contributed by atoms with van der Waals surface area (Å²) >= 11 is 6.42. The van der Waals surface area contributed by atoms with Crippen LogP contribution in [0.1, 0.15) is 25.3 Å². The quantitative estimate of drug-likeness (QED) is 0.373. The lowest BCUT2D eigenvalue weighted by atomic mass is 10.1. The molecule has 174 valence electrons. The van der Waals surface area contributed by atoms with Gasteiger partial charge in [0.05, 0.1) is 23.4 Å². The minimum atomic E-state index is -0.443. The Morgan fingerprint density at radius 2 is 2.18 bits per heavy atom. The Bertz CT molecular complexity index is 1220. The molecule has 0 radical (unpaired) electrons. The van der Waals surface area contributed by atoms with E-state index >= 15 is 0 Å². The number of ether oxygens (including phenoxy) is 2. The first-order chi connectivity index (χ1) is 16.6. The number of nitrogens with zero attached hydrogens (tertiary/aromatic N) is 3. The first-order valence-electron chi connectivity index (χ1n) is 11.2. The molecule has 4 rings (SSSR count). The number of carbonyl (C=O) groups excluding carboxylic acids is 1. The summed E-state index contributed by atoms with van der Waals surface area (Å²) in [4.78, 5) is 12.7. The number of aromatic nitrogens is 2. The molecule has 0 unspecified atom stereocenters. The number of carbonyl (C=O) groups is 1. The lowest BCUT2D eigenvalue weighted by Gasteiger charge is -2.10. The molecule has 1 fully saturated rings. The zero-order chi connectivity index (χ0) is 23.9. The molecule has 34 heavy (non-hydrogen) atoms. The van der Waals surface area contributed by atoms with Crippen molar-refractivity contribution in [2.45, 2.75) is 25.9 Å². The fourth-order valence-corrected chi connectivity index (χ4v) is 4.00. The molecule has 1 aliphatic rings. The van der Waals surface area contributed by atoms with Gasteiger partial charge >= 0.3 is 0 Å². The largest absolute Gasteiger partial charge is 0.492 e. The Balaban J connectivity index is 1.69. The highest BCUT2D eigenvalue weighted by molar-refractivity contribution is 6.32. The van der Waals surface area contributed by atoms with Gasteiger partial charge in [-0.25, -0.2) is 4.68 Å². The molecule has 1 saturated heterocycles. The summed E-state index contributed by atoms with van der Waals surface area (Å²) in [5.41, 5.74) is 2.79. The Morgan fingerprint density at radius 3 is 2.85 bits per heavy atom. The van der Waals surface area contributed by atoms with E-state index in [-0.39, 0.29) is 11.7 Å². The minimum absolute atomic E-state index is 0.00807. The van der Waals surface area contributed by atoms with Gasteiger partial charge in [-0.3, -0.25) is 4.79 Å². The first kappa shape index (κ1) is 23.6. The van der Waals surface area contributed by atoms with Crippen LogP contribution in [0.2, 0.25) is 5.02 Å². The molecule has 1 atom stereocenters. The van der Waals surface area contributed by atoms with Crippen LogP contribution in [-0.2, 0) is 9.53 Å².